The van der Waals surface area contributed by atoms with Gasteiger partial charge in [0.1, 0.15) is 6.04 Å². The molecule has 6 nitrogen and oxygen atoms in total. The van der Waals surface area contributed by atoms with Crippen LogP contribution < -0.4 is 14.8 Å². The molecular weight excluding hydrogens is 476 g/mol. The van der Waals surface area contributed by atoms with Gasteiger partial charge in [-0.15, -0.1) is 0 Å². The van der Waals surface area contributed by atoms with Crippen LogP contribution in [0.25, 0.3) is 0 Å². The summed E-state index contributed by atoms with van der Waals surface area (Å²) in [4.78, 5) is 28.9. The second-order valence-electron chi connectivity index (χ2n) is 9.26. The molecular formula is C32H40N2O4. The van der Waals surface area contributed by atoms with Crippen molar-refractivity contribution in [2.24, 2.45) is 0 Å². The van der Waals surface area contributed by atoms with Crippen molar-refractivity contribution >= 4 is 11.8 Å². The van der Waals surface area contributed by atoms with E-state index in [0.29, 0.717) is 50.6 Å². The van der Waals surface area contributed by atoms with Crippen LogP contribution in [0.5, 0.6) is 11.5 Å². The Labute approximate surface area is 227 Å². The zero-order valence-corrected chi connectivity index (χ0v) is 23.0. The quantitative estimate of drug-likeness (QED) is 0.307. The van der Waals surface area contributed by atoms with Crippen LogP contribution in [0.15, 0.2) is 72.8 Å². The number of benzene rings is 3. The van der Waals surface area contributed by atoms with Crippen LogP contribution in [-0.4, -0.2) is 42.5 Å². The maximum absolute atomic E-state index is 13.8. The number of amides is 2. The van der Waals surface area contributed by atoms with Gasteiger partial charge in [0, 0.05) is 25.9 Å². The Kier molecular flexibility index (Phi) is 11.2. The Morgan fingerprint density at radius 2 is 1.53 bits per heavy atom. The number of likely N-dealkylation sites (N-methyl/N-ethyl adjacent to an activating group) is 1. The predicted octanol–water partition coefficient (Wildman–Crippen LogP) is 5.50. The minimum Gasteiger partial charge on any atom is -0.490 e. The summed E-state index contributed by atoms with van der Waals surface area (Å²) in [5.74, 6) is 1.17. The van der Waals surface area contributed by atoms with Crippen LogP contribution >= 0.6 is 0 Å². The normalized spacial score (nSPS) is 11.5. The van der Waals surface area contributed by atoms with E-state index in [-0.39, 0.29) is 18.2 Å². The van der Waals surface area contributed by atoms with Crippen molar-refractivity contribution in [2.75, 3.05) is 19.8 Å². The number of carbonyl (C=O) groups is 2. The van der Waals surface area contributed by atoms with Crippen molar-refractivity contribution in [1.82, 2.24) is 10.2 Å². The van der Waals surface area contributed by atoms with Crippen LogP contribution in [0.1, 0.15) is 49.4 Å². The smallest absolute Gasteiger partial charge is 0.243 e. The lowest BCUT2D eigenvalue weighted by Gasteiger charge is -2.31. The fourth-order valence-corrected chi connectivity index (χ4v) is 4.50. The van der Waals surface area contributed by atoms with Gasteiger partial charge in [-0.05, 0) is 62.9 Å². The first-order valence-corrected chi connectivity index (χ1v) is 13.5. The Balaban J connectivity index is 1.87. The number of nitrogens with zero attached hydrogens (tertiary/aromatic N) is 1. The van der Waals surface area contributed by atoms with E-state index in [0.717, 1.165) is 22.3 Å². The van der Waals surface area contributed by atoms with Crippen molar-refractivity contribution in [3.05, 3.63) is 95.1 Å². The number of ether oxygens (including phenoxy) is 2. The van der Waals surface area contributed by atoms with Crippen molar-refractivity contribution < 1.29 is 19.1 Å². The van der Waals surface area contributed by atoms with Crippen molar-refractivity contribution in [2.45, 2.75) is 59.5 Å². The highest BCUT2D eigenvalue weighted by Gasteiger charge is 2.30. The molecule has 3 rings (SSSR count). The van der Waals surface area contributed by atoms with E-state index in [4.69, 9.17) is 9.47 Å². The molecule has 1 N–H and O–H groups in total. The van der Waals surface area contributed by atoms with Crippen molar-refractivity contribution in [3.8, 4) is 11.5 Å². The number of aryl methyl sites for hydroxylation is 2. The van der Waals surface area contributed by atoms with Crippen LogP contribution in [0.2, 0.25) is 0 Å². The molecule has 38 heavy (non-hydrogen) atoms. The molecule has 1 unspecified atom stereocenters. The van der Waals surface area contributed by atoms with Gasteiger partial charge >= 0.3 is 0 Å². The topological polar surface area (TPSA) is 67.9 Å². The lowest BCUT2D eigenvalue weighted by atomic mass is 10.0. The fourth-order valence-electron chi connectivity index (χ4n) is 4.50. The molecule has 0 saturated carbocycles. The van der Waals surface area contributed by atoms with E-state index >= 15 is 0 Å². The Bertz CT molecular complexity index is 1180. The summed E-state index contributed by atoms with van der Waals surface area (Å²) in [6, 6.07) is 23.1. The van der Waals surface area contributed by atoms with E-state index in [9.17, 15) is 9.59 Å². The molecule has 0 saturated heterocycles. The summed E-state index contributed by atoms with van der Waals surface area (Å²) >= 11 is 0. The molecule has 6 heteroatoms. The zero-order valence-electron chi connectivity index (χ0n) is 23.0. The summed E-state index contributed by atoms with van der Waals surface area (Å²) in [6.07, 6.45) is 1.25. The molecule has 0 heterocycles. The SMILES string of the molecule is CCNC(=O)C(Cc1ccccc1)N(Cc1cccc(C)c1)C(=O)CCc1ccc(OCC)c(OCC)c1. The van der Waals surface area contributed by atoms with E-state index < -0.39 is 6.04 Å². The molecule has 0 radical (unpaired) electrons. The monoisotopic (exact) mass is 516 g/mol. The van der Waals surface area contributed by atoms with Gasteiger partial charge in [-0.2, -0.15) is 0 Å². The maximum atomic E-state index is 13.8. The molecule has 1 atom stereocenters. The minimum absolute atomic E-state index is 0.0643. The van der Waals surface area contributed by atoms with E-state index in [1.807, 2.05) is 94.4 Å². The Morgan fingerprint density at radius 3 is 2.21 bits per heavy atom. The second-order valence-corrected chi connectivity index (χ2v) is 9.26. The van der Waals surface area contributed by atoms with Crippen LogP contribution in [0.4, 0.5) is 0 Å². The third-order valence-electron chi connectivity index (χ3n) is 6.29. The number of carbonyl (C=O) groups excluding carboxylic acids is 2. The number of hydrogen-bond acceptors (Lipinski definition) is 4. The first-order valence-electron chi connectivity index (χ1n) is 13.5. The molecule has 3 aromatic rings. The first kappa shape index (κ1) is 28.8. The maximum Gasteiger partial charge on any atom is 0.243 e. The molecule has 0 bridgehead atoms. The lowest BCUT2D eigenvalue weighted by Crippen LogP contribution is -2.50. The average molecular weight is 517 g/mol. The summed E-state index contributed by atoms with van der Waals surface area (Å²) in [5.41, 5.74) is 4.11. The summed E-state index contributed by atoms with van der Waals surface area (Å²) in [6.45, 7) is 9.74. The lowest BCUT2D eigenvalue weighted by molar-refractivity contribution is -0.141. The highest BCUT2D eigenvalue weighted by atomic mass is 16.5. The summed E-state index contributed by atoms with van der Waals surface area (Å²) < 4.78 is 11.4. The molecule has 202 valence electrons. The molecule has 0 aromatic heterocycles. The van der Waals surface area contributed by atoms with Gasteiger partial charge in [0.05, 0.1) is 13.2 Å². The zero-order chi connectivity index (χ0) is 27.3. The molecule has 0 aliphatic heterocycles. The van der Waals surface area contributed by atoms with Crippen LogP contribution in [0.3, 0.4) is 0 Å². The molecule has 0 spiro atoms. The number of hydrogen-bond donors (Lipinski definition) is 1. The molecule has 0 aliphatic carbocycles. The van der Waals surface area contributed by atoms with Gasteiger partial charge in [0.15, 0.2) is 11.5 Å². The van der Waals surface area contributed by atoms with Crippen LogP contribution in [-0.2, 0) is 29.0 Å². The number of rotatable bonds is 14. The molecule has 0 fully saturated rings. The van der Waals surface area contributed by atoms with Crippen molar-refractivity contribution in [3.63, 3.8) is 0 Å². The van der Waals surface area contributed by atoms with E-state index in [1.165, 1.54) is 0 Å². The van der Waals surface area contributed by atoms with Crippen molar-refractivity contribution in [1.29, 1.82) is 0 Å². The highest BCUT2D eigenvalue weighted by molar-refractivity contribution is 5.88. The van der Waals surface area contributed by atoms with Gasteiger partial charge in [-0.1, -0.05) is 66.2 Å². The van der Waals surface area contributed by atoms with Gasteiger partial charge < -0.3 is 19.7 Å². The summed E-state index contributed by atoms with van der Waals surface area (Å²) in [5, 5.41) is 2.95. The average Bonchev–Trinajstić information content (AvgIpc) is 2.91. The summed E-state index contributed by atoms with van der Waals surface area (Å²) in [7, 11) is 0. The Hall–Kier alpha value is -3.80. The van der Waals surface area contributed by atoms with E-state index in [1.54, 1.807) is 4.90 Å². The Morgan fingerprint density at radius 1 is 0.816 bits per heavy atom. The predicted molar refractivity (Wildman–Crippen MR) is 151 cm³/mol. The fraction of sp³-hybridized carbons (Fsp3) is 0.375. The standard InChI is InChI=1S/C32H40N2O4/c1-5-33-32(36)28(21-25-13-9-8-10-14-25)34(23-27-15-11-12-24(4)20-27)31(35)19-17-26-16-18-29(37-6-2)30(22-26)38-7-3/h8-16,18,20,22,28H,5-7,17,19,21,23H2,1-4H3,(H,33,36). The third kappa shape index (κ3) is 8.37. The van der Waals surface area contributed by atoms with Gasteiger partial charge in [0.2, 0.25) is 11.8 Å². The second kappa shape index (κ2) is 14.8. The van der Waals surface area contributed by atoms with E-state index in [2.05, 4.69) is 11.4 Å². The molecule has 0 aliphatic rings. The first-order chi connectivity index (χ1) is 18.4. The highest BCUT2D eigenvalue weighted by Crippen LogP contribution is 2.29. The van der Waals surface area contributed by atoms with Gasteiger partial charge in [-0.25, -0.2) is 0 Å². The minimum atomic E-state index is -0.621. The van der Waals surface area contributed by atoms with Crippen LogP contribution in [0, 0.1) is 6.92 Å². The molecule has 2 amide bonds. The van der Waals surface area contributed by atoms with Gasteiger partial charge in [0.25, 0.3) is 0 Å². The third-order valence-corrected chi connectivity index (χ3v) is 6.29. The van der Waals surface area contributed by atoms with Gasteiger partial charge in [-0.3, -0.25) is 9.59 Å². The largest absolute Gasteiger partial charge is 0.490 e. The molecule has 3 aromatic carbocycles. The number of nitrogens with one attached hydrogen (secondary N) is 1.